The standard InChI is InChI=1S/C10H7N3O3/c14-9-7(10(15)16)3-6(4-12-9)8-1-2-11-5-13-8/h1-5H,(H,12,14)(H,15,16). The first-order valence-corrected chi connectivity index (χ1v) is 4.41. The molecule has 2 aromatic rings. The van der Waals surface area contributed by atoms with Crippen LogP contribution in [0, 0.1) is 0 Å². The molecule has 0 spiro atoms. The van der Waals surface area contributed by atoms with Gasteiger partial charge in [0.15, 0.2) is 0 Å². The Bertz CT molecular complexity index is 577. The van der Waals surface area contributed by atoms with Gasteiger partial charge < -0.3 is 10.1 Å². The van der Waals surface area contributed by atoms with Crippen LogP contribution in [0.5, 0.6) is 0 Å². The van der Waals surface area contributed by atoms with Crippen LogP contribution in [0.25, 0.3) is 11.3 Å². The number of aromatic carboxylic acids is 1. The second-order valence-corrected chi connectivity index (χ2v) is 3.03. The molecule has 0 fully saturated rings. The van der Waals surface area contributed by atoms with E-state index < -0.39 is 11.5 Å². The maximum atomic E-state index is 11.2. The van der Waals surface area contributed by atoms with Gasteiger partial charge in [0.25, 0.3) is 5.56 Å². The fraction of sp³-hybridized carbons (Fsp3) is 0. The molecule has 80 valence electrons. The minimum atomic E-state index is -1.27. The first kappa shape index (κ1) is 10.0. The second-order valence-electron chi connectivity index (χ2n) is 3.03. The van der Waals surface area contributed by atoms with Crippen molar-refractivity contribution in [1.82, 2.24) is 15.0 Å². The van der Waals surface area contributed by atoms with E-state index in [4.69, 9.17) is 5.11 Å². The van der Waals surface area contributed by atoms with Crippen molar-refractivity contribution in [3.8, 4) is 11.3 Å². The van der Waals surface area contributed by atoms with Crippen LogP contribution in [-0.2, 0) is 0 Å². The summed E-state index contributed by atoms with van der Waals surface area (Å²) >= 11 is 0. The molecule has 2 rings (SSSR count). The number of carboxylic acids is 1. The van der Waals surface area contributed by atoms with Crippen LogP contribution in [0.4, 0.5) is 0 Å². The molecule has 0 atom stereocenters. The lowest BCUT2D eigenvalue weighted by atomic mass is 10.1. The lowest BCUT2D eigenvalue weighted by molar-refractivity contribution is 0.0695. The fourth-order valence-corrected chi connectivity index (χ4v) is 1.25. The molecule has 6 nitrogen and oxygen atoms in total. The summed E-state index contributed by atoms with van der Waals surface area (Å²) in [5, 5.41) is 8.78. The highest BCUT2D eigenvalue weighted by atomic mass is 16.4. The Hall–Kier alpha value is -2.50. The summed E-state index contributed by atoms with van der Waals surface area (Å²) < 4.78 is 0. The topological polar surface area (TPSA) is 95.9 Å². The number of H-pyrrole nitrogens is 1. The summed E-state index contributed by atoms with van der Waals surface area (Å²) in [5.41, 5.74) is 0.134. The zero-order valence-corrected chi connectivity index (χ0v) is 8.04. The lowest BCUT2D eigenvalue weighted by Crippen LogP contribution is -2.16. The fourth-order valence-electron chi connectivity index (χ4n) is 1.25. The van der Waals surface area contributed by atoms with Crippen molar-refractivity contribution in [2.75, 3.05) is 0 Å². The second kappa shape index (κ2) is 3.93. The molecule has 0 radical (unpaired) electrons. The van der Waals surface area contributed by atoms with Gasteiger partial charge in [0, 0.05) is 18.0 Å². The van der Waals surface area contributed by atoms with Crippen LogP contribution < -0.4 is 5.56 Å². The third kappa shape index (κ3) is 1.81. The molecule has 0 unspecified atom stereocenters. The number of aromatic nitrogens is 3. The van der Waals surface area contributed by atoms with E-state index in [9.17, 15) is 9.59 Å². The predicted octanol–water partition coefficient (Wildman–Crippen LogP) is 0.530. The van der Waals surface area contributed by atoms with Gasteiger partial charge in [-0.2, -0.15) is 0 Å². The predicted molar refractivity (Wildman–Crippen MR) is 55.0 cm³/mol. The van der Waals surface area contributed by atoms with Gasteiger partial charge in [0.05, 0.1) is 5.69 Å². The van der Waals surface area contributed by atoms with Gasteiger partial charge in [-0.3, -0.25) is 4.79 Å². The van der Waals surface area contributed by atoms with Crippen molar-refractivity contribution in [2.45, 2.75) is 0 Å². The Morgan fingerprint density at radius 2 is 2.25 bits per heavy atom. The number of carbonyl (C=O) groups is 1. The maximum Gasteiger partial charge on any atom is 0.341 e. The van der Waals surface area contributed by atoms with Crippen molar-refractivity contribution >= 4 is 5.97 Å². The van der Waals surface area contributed by atoms with Gasteiger partial charge in [0.2, 0.25) is 0 Å². The van der Waals surface area contributed by atoms with E-state index in [0.29, 0.717) is 11.3 Å². The number of pyridine rings is 1. The Labute approximate surface area is 89.6 Å². The molecular weight excluding hydrogens is 210 g/mol. The Balaban J connectivity index is 2.57. The summed E-state index contributed by atoms with van der Waals surface area (Å²) in [6, 6.07) is 2.91. The first-order chi connectivity index (χ1) is 7.68. The van der Waals surface area contributed by atoms with E-state index in [0.717, 1.165) is 0 Å². The molecule has 0 saturated heterocycles. The van der Waals surface area contributed by atoms with Crippen LogP contribution in [-0.4, -0.2) is 26.0 Å². The molecule has 0 aromatic carbocycles. The third-order valence-corrected chi connectivity index (χ3v) is 2.01. The number of hydrogen-bond acceptors (Lipinski definition) is 4. The van der Waals surface area contributed by atoms with Crippen LogP contribution in [0.15, 0.2) is 35.6 Å². The number of aromatic amines is 1. The molecule has 6 heteroatoms. The average molecular weight is 217 g/mol. The van der Waals surface area contributed by atoms with E-state index in [1.54, 1.807) is 6.07 Å². The zero-order chi connectivity index (χ0) is 11.5. The monoisotopic (exact) mass is 217 g/mol. The molecule has 2 aromatic heterocycles. The van der Waals surface area contributed by atoms with Crippen molar-refractivity contribution in [3.05, 3.63) is 46.8 Å². The third-order valence-electron chi connectivity index (χ3n) is 2.01. The summed E-state index contributed by atoms with van der Waals surface area (Å²) in [6.45, 7) is 0. The van der Waals surface area contributed by atoms with E-state index in [2.05, 4.69) is 15.0 Å². The van der Waals surface area contributed by atoms with Crippen molar-refractivity contribution in [1.29, 1.82) is 0 Å². The van der Waals surface area contributed by atoms with E-state index >= 15 is 0 Å². The van der Waals surface area contributed by atoms with E-state index in [-0.39, 0.29) is 5.56 Å². The Morgan fingerprint density at radius 1 is 1.44 bits per heavy atom. The maximum absolute atomic E-state index is 11.2. The minimum absolute atomic E-state index is 0.309. The molecule has 0 saturated carbocycles. The molecule has 0 aliphatic carbocycles. The van der Waals surface area contributed by atoms with Crippen molar-refractivity contribution in [3.63, 3.8) is 0 Å². The summed E-state index contributed by atoms with van der Waals surface area (Å²) in [6.07, 6.45) is 4.30. The number of rotatable bonds is 2. The normalized spacial score (nSPS) is 10.0. The number of hydrogen-bond donors (Lipinski definition) is 2. The lowest BCUT2D eigenvalue weighted by Gasteiger charge is -2.00. The van der Waals surface area contributed by atoms with Gasteiger partial charge in [0.1, 0.15) is 11.9 Å². The largest absolute Gasteiger partial charge is 0.477 e. The summed E-state index contributed by atoms with van der Waals surface area (Å²) in [7, 11) is 0. The highest BCUT2D eigenvalue weighted by Gasteiger charge is 2.10. The van der Waals surface area contributed by atoms with Gasteiger partial charge in [-0.05, 0) is 12.1 Å². The van der Waals surface area contributed by atoms with Gasteiger partial charge >= 0.3 is 5.97 Å². The van der Waals surface area contributed by atoms with Gasteiger partial charge in [-0.1, -0.05) is 0 Å². The van der Waals surface area contributed by atoms with Gasteiger partial charge in [-0.15, -0.1) is 0 Å². The Morgan fingerprint density at radius 3 is 2.88 bits per heavy atom. The highest BCUT2D eigenvalue weighted by molar-refractivity contribution is 5.88. The first-order valence-electron chi connectivity index (χ1n) is 4.41. The van der Waals surface area contributed by atoms with Gasteiger partial charge in [-0.25, -0.2) is 14.8 Å². The molecule has 0 amide bonds. The van der Waals surface area contributed by atoms with Crippen molar-refractivity contribution < 1.29 is 9.90 Å². The van der Waals surface area contributed by atoms with Crippen LogP contribution in [0.2, 0.25) is 0 Å². The van der Waals surface area contributed by atoms with Crippen molar-refractivity contribution in [2.24, 2.45) is 0 Å². The molecule has 2 heterocycles. The minimum Gasteiger partial charge on any atom is -0.477 e. The smallest absolute Gasteiger partial charge is 0.341 e. The zero-order valence-electron chi connectivity index (χ0n) is 8.04. The quantitative estimate of drug-likeness (QED) is 0.764. The molecule has 0 aliphatic rings. The van der Waals surface area contributed by atoms with E-state index in [1.807, 2.05) is 0 Å². The summed E-state index contributed by atoms with van der Waals surface area (Å²) in [4.78, 5) is 32.0. The molecule has 2 N–H and O–H groups in total. The molecule has 16 heavy (non-hydrogen) atoms. The number of nitrogens with zero attached hydrogens (tertiary/aromatic N) is 2. The number of carboxylic acid groups (broad SMARTS) is 1. The van der Waals surface area contributed by atoms with E-state index in [1.165, 1.54) is 24.8 Å². The summed E-state index contributed by atoms with van der Waals surface area (Å²) in [5.74, 6) is -1.27. The molecule has 0 bridgehead atoms. The molecule has 0 aliphatic heterocycles. The Kier molecular flexibility index (Phi) is 2.47. The molecular formula is C10H7N3O3. The highest BCUT2D eigenvalue weighted by Crippen LogP contribution is 2.13. The number of nitrogens with one attached hydrogen (secondary N) is 1. The van der Waals surface area contributed by atoms with Crippen LogP contribution >= 0.6 is 0 Å². The SMILES string of the molecule is O=C(O)c1cc(-c2ccncn2)c[nH]c1=O. The van der Waals surface area contributed by atoms with Crippen LogP contribution in [0.3, 0.4) is 0 Å². The average Bonchev–Trinajstić information content (AvgIpc) is 2.30. The van der Waals surface area contributed by atoms with Crippen LogP contribution in [0.1, 0.15) is 10.4 Å².